The molecule has 0 aromatic carbocycles. The first-order valence-corrected chi connectivity index (χ1v) is 10.7. The molecule has 0 aromatic heterocycles. The average Bonchev–Trinajstić information content (AvgIpc) is 2.75. The number of aliphatic hydroxyl groups is 1. The topological polar surface area (TPSA) is 310 Å². The molecule has 17 heteroatoms. The van der Waals surface area contributed by atoms with Crippen LogP contribution in [0.1, 0.15) is 39.0 Å². The number of carbonyl (C=O) groups is 6. The summed E-state index contributed by atoms with van der Waals surface area (Å²) in [7, 11) is 0. The van der Waals surface area contributed by atoms with Gasteiger partial charge in [0, 0.05) is 13.0 Å². The number of nitrogens with two attached hydrogens (primary N) is 3. The molecule has 0 radical (unpaired) electrons. The number of rotatable bonds is 17. The number of hydrogen-bond donors (Lipinski definition) is 10. The second-order valence-corrected chi connectivity index (χ2v) is 7.77. The third-order valence-corrected chi connectivity index (χ3v) is 4.63. The quantitative estimate of drug-likeness (QED) is 0.0493. The van der Waals surface area contributed by atoms with Gasteiger partial charge in [-0.05, 0) is 26.2 Å². The summed E-state index contributed by atoms with van der Waals surface area (Å²) in [4.78, 5) is 74.4. The fourth-order valence-electron chi connectivity index (χ4n) is 2.78. The zero-order valence-corrected chi connectivity index (χ0v) is 19.5. The molecule has 0 aliphatic heterocycles. The Kier molecular flexibility index (Phi) is 14.1. The van der Waals surface area contributed by atoms with Crippen LogP contribution in [0.15, 0.2) is 4.99 Å². The van der Waals surface area contributed by atoms with Crippen LogP contribution in [0, 0.1) is 0 Å². The van der Waals surface area contributed by atoms with Gasteiger partial charge >= 0.3 is 17.9 Å². The van der Waals surface area contributed by atoms with Gasteiger partial charge in [-0.25, -0.2) is 4.79 Å². The molecule has 204 valence electrons. The summed E-state index contributed by atoms with van der Waals surface area (Å²) >= 11 is 0. The van der Waals surface area contributed by atoms with Gasteiger partial charge in [0.2, 0.25) is 17.7 Å². The van der Waals surface area contributed by atoms with E-state index in [2.05, 4.69) is 20.9 Å². The van der Waals surface area contributed by atoms with Crippen molar-refractivity contribution < 1.29 is 49.2 Å². The van der Waals surface area contributed by atoms with Gasteiger partial charge in [0.05, 0.1) is 18.6 Å². The third kappa shape index (κ3) is 13.0. The van der Waals surface area contributed by atoms with Crippen LogP contribution in [0.2, 0.25) is 0 Å². The first-order chi connectivity index (χ1) is 16.6. The van der Waals surface area contributed by atoms with Gasteiger partial charge in [0.25, 0.3) is 0 Å². The zero-order valence-electron chi connectivity index (χ0n) is 19.5. The summed E-state index contributed by atoms with van der Waals surface area (Å²) in [6, 6.07) is -6.21. The van der Waals surface area contributed by atoms with E-state index in [9.17, 15) is 39.0 Å². The molecule has 0 spiro atoms. The first-order valence-electron chi connectivity index (χ1n) is 10.7. The van der Waals surface area contributed by atoms with Crippen LogP contribution < -0.4 is 33.2 Å². The Morgan fingerprint density at radius 1 is 0.833 bits per heavy atom. The average molecular weight is 520 g/mol. The molecule has 0 aliphatic carbocycles. The zero-order chi connectivity index (χ0) is 28.0. The molecule has 0 fully saturated rings. The van der Waals surface area contributed by atoms with Crippen molar-refractivity contribution in [2.45, 2.75) is 69.3 Å². The SMILES string of the molecule is CC(O)C(NC(=O)C(CCC(=O)O)NC(=O)C(N)CC(=O)O)C(=O)NC(CCCN=C(N)N)C(=O)O. The fourth-order valence-corrected chi connectivity index (χ4v) is 2.78. The number of carboxylic acids is 3. The van der Waals surface area contributed by atoms with Crippen LogP contribution in [0.3, 0.4) is 0 Å². The van der Waals surface area contributed by atoms with Crippen molar-refractivity contribution in [2.75, 3.05) is 6.54 Å². The van der Waals surface area contributed by atoms with Gasteiger partial charge in [-0.3, -0.25) is 29.0 Å². The maximum atomic E-state index is 12.7. The minimum atomic E-state index is -1.69. The predicted molar refractivity (Wildman–Crippen MR) is 122 cm³/mol. The summed E-state index contributed by atoms with van der Waals surface area (Å²) < 4.78 is 0. The number of amides is 3. The molecule has 5 unspecified atom stereocenters. The highest BCUT2D eigenvalue weighted by molar-refractivity contribution is 5.95. The van der Waals surface area contributed by atoms with E-state index in [1.807, 2.05) is 0 Å². The van der Waals surface area contributed by atoms with Crippen LogP contribution >= 0.6 is 0 Å². The fraction of sp³-hybridized carbons (Fsp3) is 0.632. The Hall–Kier alpha value is -3.99. The Balaban J connectivity index is 5.45. The number of nitrogens with one attached hydrogen (secondary N) is 3. The lowest BCUT2D eigenvalue weighted by molar-refractivity contribution is -0.143. The first kappa shape index (κ1) is 32.0. The lowest BCUT2D eigenvalue weighted by Crippen LogP contribution is -2.60. The minimum Gasteiger partial charge on any atom is -0.481 e. The predicted octanol–water partition coefficient (Wildman–Crippen LogP) is -4.37. The van der Waals surface area contributed by atoms with Crippen molar-refractivity contribution in [1.82, 2.24) is 16.0 Å². The molecule has 5 atom stereocenters. The van der Waals surface area contributed by atoms with Crippen molar-refractivity contribution >= 4 is 41.6 Å². The molecule has 17 nitrogen and oxygen atoms in total. The van der Waals surface area contributed by atoms with Gasteiger partial charge in [0.1, 0.15) is 18.1 Å². The summed E-state index contributed by atoms with van der Waals surface area (Å²) in [5.41, 5.74) is 15.8. The van der Waals surface area contributed by atoms with Crippen molar-refractivity contribution in [3.8, 4) is 0 Å². The summed E-state index contributed by atoms with van der Waals surface area (Å²) in [5.74, 6) is -7.52. The highest BCUT2D eigenvalue weighted by Gasteiger charge is 2.33. The Morgan fingerprint density at radius 2 is 1.42 bits per heavy atom. The molecular weight excluding hydrogens is 486 g/mol. The third-order valence-electron chi connectivity index (χ3n) is 4.63. The van der Waals surface area contributed by atoms with Crippen LogP contribution in [-0.4, -0.2) is 98.8 Å². The number of aliphatic hydroxyl groups excluding tert-OH is 1. The smallest absolute Gasteiger partial charge is 0.326 e. The number of aliphatic carboxylic acids is 3. The van der Waals surface area contributed by atoms with Gasteiger partial charge < -0.3 is 53.6 Å². The van der Waals surface area contributed by atoms with Gasteiger partial charge in [-0.2, -0.15) is 0 Å². The largest absolute Gasteiger partial charge is 0.481 e. The van der Waals surface area contributed by atoms with Gasteiger partial charge in [0.15, 0.2) is 5.96 Å². The number of nitrogens with zero attached hydrogens (tertiary/aromatic N) is 1. The maximum absolute atomic E-state index is 12.7. The highest BCUT2D eigenvalue weighted by Crippen LogP contribution is 2.05. The van der Waals surface area contributed by atoms with E-state index in [-0.39, 0.29) is 25.3 Å². The van der Waals surface area contributed by atoms with E-state index >= 15 is 0 Å². The van der Waals surface area contributed by atoms with Gasteiger partial charge in [-0.15, -0.1) is 0 Å². The van der Waals surface area contributed by atoms with Crippen LogP contribution in [-0.2, 0) is 28.8 Å². The molecule has 36 heavy (non-hydrogen) atoms. The number of aliphatic imine (C=N–C) groups is 1. The Morgan fingerprint density at radius 3 is 1.89 bits per heavy atom. The molecule has 3 amide bonds. The maximum Gasteiger partial charge on any atom is 0.326 e. The Labute approximate surface area is 205 Å². The molecule has 0 bridgehead atoms. The van der Waals surface area contributed by atoms with Crippen LogP contribution in [0.25, 0.3) is 0 Å². The number of guanidine groups is 1. The lowest BCUT2D eigenvalue weighted by atomic mass is 10.1. The molecule has 0 aliphatic rings. The van der Waals surface area contributed by atoms with Crippen LogP contribution in [0.4, 0.5) is 0 Å². The van der Waals surface area contributed by atoms with Crippen molar-refractivity contribution in [1.29, 1.82) is 0 Å². The van der Waals surface area contributed by atoms with Crippen molar-refractivity contribution in [2.24, 2.45) is 22.2 Å². The molecule has 0 rings (SSSR count). The highest BCUT2D eigenvalue weighted by atomic mass is 16.4. The minimum absolute atomic E-state index is 0.0862. The second-order valence-electron chi connectivity index (χ2n) is 7.77. The lowest BCUT2D eigenvalue weighted by Gasteiger charge is -2.26. The standard InChI is InChI=1S/C19H33N7O10/c1-8(27)14(17(34)25-11(18(35)36)3-2-6-23-19(21)22)26-16(33)10(4-5-12(28)29)24-15(32)9(20)7-13(30)31/h8-11,14,27H,2-7,20H2,1H3,(H,24,32)(H,25,34)(H,26,33)(H,28,29)(H,30,31)(H,35,36)(H4,21,22,23). The van der Waals surface area contributed by atoms with E-state index < -0.39 is 85.2 Å². The second kappa shape index (κ2) is 15.8. The summed E-state index contributed by atoms with van der Waals surface area (Å²) in [5, 5.41) is 43.4. The van der Waals surface area contributed by atoms with Crippen molar-refractivity contribution in [3.05, 3.63) is 0 Å². The van der Waals surface area contributed by atoms with E-state index in [4.69, 9.17) is 27.4 Å². The van der Waals surface area contributed by atoms with E-state index in [1.54, 1.807) is 0 Å². The van der Waals surface area contributed by atoms with E-state index in [0.717, 1.165) is 6.92 Å². The number of carboxylic acid groups (broad SMARTS) is 3. The number of carbonyl (C=O) groups excluding carboxylic acids is 3. The number of hydrogen-bond acceptors (Lipinski definition) is 9. The van der Waals surface area contributed by atoms with Gasteiger partial charge in [-0.1, -0.05) is 0 Å². The van der Waals surface area contributed by atoms with E-state index in [1.165, 1.54) is 0 Å². The van der Waals surface area contributed by atoms with Crippen LogP contribution in [0.5, 0.6) is 0 Å². The molecular formula is C19H33N7O10. The molecule has 0 saturated heterocycles. The summed E-state index contributed by atoms with van der Waals surface area (Å²) in [6.07, 6.45) is -3.25. The normalized spacial score (nSPS) is 14.8. The summed E-state index contributed by atoms with van der Waals surface area (Å²) in [6.45, 7) is 1.22. The molecule has 0 aromatic rings. The monoisotopic (exact) mass is 519 g/mol. The Bertz CT molecular complexity index is 844. The van der Waals surface area contributed by atoms with Crippen molar-refractivity contribution in [3.63, 3.8) is 0 Å². The molecule has 0 heterocycles. The molecule has 13 N–H and O–H groups in total. The van der Waals surface area contributed by atoms with E-state index in [0.29, 0.717) is 0 Å². The molecule has 0 saturated carbocycles.